The molecule has 0 radical (unpaired) electrons. The average molecular weight is 156 g/mol. The van der Waals surface area contributed by atoms with Crippen LogP contribution in [0.25, 0.3) is 0 Å². The van der Waals surface area contributed by atoms with Gasteiger partial charge in [-0.3, -0.25) is 0 Å². The Hall–Kier alpha value is -0.330. The fraction of sp³-hybridized carbons (Fsp3) is 0.900. The second-order valence-electron chi connectivity index (χ2n) is 4.11. The van der Waals surface area contributed by atoms with Crippen LogP contribution in [-0.4, -0.2) is 6.29 Å². The molecule has 2 unspecified atom stereocenters. The molecule has 0 bridgehead atoms. The Morgan fingerprint density at radius 3 is 2.09 bits per heavy atom. The minimum absolute atomic E-state index is 0.157. The van der Waals surface area contributed by atoms with Gasteiger partial charge in [0, 0.05) is 5.41 Å². The van der Waals surface area contributed by atoms with E-state index in [0.29, 0.717) is 11.8 Å². The smallest absolute Gasteiger partial charge is 0.125 e. The first-order chi connectivity index (χ1) is 4.95. The van der Waals surface area contributed by atoms with Crippen molar-refractivity contribution in [1.82, 2.24) is 0 Å². The lowest BCUT2D eigenvalue weighted by Crippen LogP contribution is -2.28. The van der Waals surface area contributed by atoms with Gasteiger partial charge in [0.25, 0.3) is 0 Å². The Balaban J connectivity index is 4.21. The molecule has 0 fully saturated rings. The van der Waals surface area contributed by atoms with Crippen molar-refractivity contribution in [1.29, 1.82) is 0 Å². The Morgan fingerprint density at radius 1 is 1.36 bits per heavy atom. The van der Waals surface area contributed by atoms with Crippen molar-refractivity contribution in [2.75, 3.05) is 0 Å². The van der Waals surface area contributed by atoms with Crippen LogP contribution < -0.4 is 0 Å². The number of carbonyl (C=O) groups is 1. The van der Waals surface area contributed by atoms with Gasteiger partial charge in [-0.1, -0.05) is 41.0 Å². The molecule has 2 atom stereocenters. The van der Waals surface area contributed by atoms with E-state index in [2.05, 4.69) is 20.8 Å². The number of hydrogen-bond acceptors (Lipinski definition) is 1. The van der Waals surface area contributed by atoms with E-state index in [4.69, 9.17) is 0 Å². The van der Waals surface area contributed by atoms with Gasteiger partial charge >= 0.3 is 0 Å². The van der Waals surface area contributed by atoms with Crippen LogP contribution in [0.1, 0.15) is 41.0 Å². The SMILES string of the molecule is CCC(C)C(C)C(C)(C)C=O. The van der Waals surface area contributed by atoms with Crippen molar-refractivity contribution in [2.45, 2.75) is 41.0 Å². The first kappa shape index (κ1) is 10.7. The van der Waals surface area contributed by atoms with Crippen molar-refractivity contribution >= 4 is 6.29 Å². The third kappa shape index (κ3) is 2.64. The van der Waals surface area contributed by atoms with Crippen LogP contribution in [-0.2, 0) is 4.79 Å². The summed E-state index contributed by atoms with van der Waals surface area (Å²) in [7, 11) is 0. The largest absolute Gasteiger partial charge is 0.303 e. The van der Waals surface area contributed by atoms with Crippen LogP contribution in [0.3, 0.4) is 0 Å². The summed E-state index contributed by atoms with van der Waals surface area (Å²) in [6.45, 7) is 10.5. The van der Waals surface area contributed by atoms with Gasteiger partial charge in [-0.25, -0.2) is 0 Å². The molecule has 0 aliphatic carbocycles. The van der Waals surface area contributed by atoms with Gasteiger partial charge in [-0.2, -0.15) is 0 Å². The topological polar surface area (TPSA) is 17.1 Å². The second kappa shape index (κ2) is 3.89. The van der Waals surface area contributed by atoms with Gasteiger partial charge in [-0.05, 0) is 11.8 Å². The molecular weight excluding hydrogens is 136 g/mol. The molecular formula is C10H20O. The lowest BCUT2D eigenvalue weighted by Gasteiger charge is -2.30. The van der Waals surface area contributed by atoms with Crippen LogP contribution in [0.15, 0.2) is 0 Å². The monoisotopic (exact) mass is 156 g/mol. The zero-order valence-electron chi connectivity index (χ0n) is 8.35. The molecule has 0 aromatic carbocycles. The Bertz CT molecular complexity index is 127. The molecule has 11 heavy (non-hydrogen) atoms. The van der Waals surface area contributed by atoms with Crippen LogP contribution in [0, 0.1) is 17.3 Å². The van der Waals surface area contributed by atoms with Gasteiger partial charge in [-0.15, -0.1) is 0 Å². The predicted octanol–water partition coefficient (Wildman–Crippen LogP) is 2.89. The van der Waals surface area contributed by atoms with Crippen molar-refractivity contribution in [3.63, 3.8) is 0 Å². The minimum atomic E-state index is -0.157. The van der Waals surface area contributed by atoms with Crippen molar-refractivity contribution in [3.8, 4) is 0 Å². The summed E-state index contributed by atoms with van der Waals surface area (Å²) in [4.78, 5) is 10.7. The van der Waals surface area contributed by atoms with Gasteiger partial charge in [0.2, 0.25) is 0 Å². The van der Waals surface area contributed by atoms with E-state index < -0.39 is 0 Å². The quantitative estimate of drug-likeness (QED) is 0.572. The summed E-state index contributed by atoms with van der Waals surface area (Å²) < 4.78 is 0. The highest BCUT2D eigenvalue weighted by atomic mass is 16.1. The lowest BCUT2D eigenvalue weighted by atomic mass is 9.74. The van der Waals surface area contributed by atoms with Gasteiger partial charge in [0.05, 0.1) is 0 Å². The first-order valence-corrected chi connectivity index (χ1v) is 4.42. The average Bonchev–Trinajstić information content (AvgIpc) is 2.01. The number of rotatable bonds is 4. The van der Waals surface area contributed by atoms with Crippen LogP contribution in [0.2, 0.25) is 0 Å². The maximum Gasteiger partial charge on any atom is 0.125 e. The molecule has 0 saturated heterocycles. The third-order valence-electron chi connectivity index (χ3n) is 2.97. The standard InChI is InChI=1S/C10H20O/c1-6-8(2)9(3)10(4,5)7-11/h7-9H,6H2,1-5H3. The molecule has 1 heteroatoms. The van der Waals surface area contributed by atoms with E-state index in [9.17, 15) is 4.79 Å². The second-order valence-corrected chi connectivity index (χ2v) is 4.11. The number of hydrogen-bond donors (Lipinski definition) is 0. The fourth-order valence-corrected chi connectivity index (χ4v) is 1.19. The zero-order valence-corrected chi connectivity index (χ0v) is 8.35. The highest BCUT2D eigenvalue weighted by Gasteiger charge is 2.28. The molecule has 0 aromatic heterocycles. The number of carbonyl (C=O) groups excluding carboxylic acids is 1. The summed E-state index contributed by atoms with van der Waals surface area (Å²) in [6, 6.07) is 0. The summed E-state index contributed by atoms with van der Waals surface area (Å²) in [5.41, 5.74) is -0.157. The Labute approximate surface area is 70.2 Å². The minimum Gasteiger partial charge on any atom is -0.303 e. The summed E-state index contributed by atoms with van der Waals surface area (Å²) in [5.74, 6) is 1.11. The molecule has 0 aliphatic heterocycles. The fourth-order valence-electron chi connectivity index (χ4n) is 1.19. The maximum absolute atomic E-state index is 10.7. The van der Waals surface area contributed by atoms with Crippen molar-refractivity contribution in [3.05, 3.63) is 0 Å². The van der Waals surface area contributed by atoms with E-state index in [1.54, 1.807) is 0 Å². The van der Waals surface area contributed by atoms with E-state index >= 15 is 0 Å². The molecule has 0 heterocycles. The van der Waals surface area contributed by atoms with Gasteiger partial charge < -0.3 is 4.79 Å². The van der Waals surface area contributed by atoms with Gasteiger partial charge in [0.15, 0.2) is 0 Å². The molecule has 0 N–H and O–H groups in total. The van der Waals surface area contributed by atoms with Gasteiger partial charge in [0.1, 0.15) is 6.29 Å². The number of aldehydes is 1. The van der Waals surface area contributed by atoms with Crippen LogP contribution in [0.5, 0.6) is 0 Å². The molecule has 1 nitrogen and oxygen atoms in total. The van der Waals surface area contributed by atoms with Crippen LogP contribution >= 0.6 is 0 Å². The highest BCUT2D eigenvalue weighted by Crippen LogP contribution is 2.31. The van der Waals surface area contributed by atoms with E-state index in [1.807, 2.05) is 13.8 Å². The molecule has 0 spiro atoms. The van der Waals surface area contributed by atoms with Crippen molar-refractivity contribution in [2.24, 2.45) is 17.3 Å². The molecule has 66 valence electrons. The molecule has 0 saturated carbocycles. The van der Waals surface area contributed by atoms with E-state index in [0.717, 1.165) is 12.7 Å². The summed E-state index contributed by atoms with van der Waals surface area (Å²) in [5, 5.41) is 0. The summed E-state index contributed by atoms with van der Waals surface area (Å²) >= 11 is 0. The lowest BCUT2D eigenvalue weighted by molar-refractivity contribution is -0.117. The maximum atomic E-state index is 10.7. The Morgan fingerprint density at radius 2 is 1.82 bits per heavy atom. The molecule has 0 aromatic rings. The zero-order chi connectivity index (χ0) is 9.07. The van der Waals surface area contributed by atoms with E-state index in [1.165, 1.54) is 0 Å². The van der Waals surface area contributed by atoms with Crippen molar-refractivity contribution < 1.29 is 4.79 Å². The van der Waals surface area contributed by atoms with Crippen LogP contribution in [0.4, 0.5) is 0 Å². The molecule has 0 aliphatic rings. The third-order valence-corrected chi connectivity index (χ3v) is 2.97. The Kier molecular flexibility index (Phi) is 3.77. The predicted molar refractivity (Wildman–Crippen MR) is 48.5 cm³/mol. The highest BCUT2D eigenvalue weighted by molar-refractivity contribution is 5.58. The molecule has 0 amide bonds. The van der Waals surface area contributed by atoms with E-state index in [-0.39, 0.29) is 5.41 Å². The summed E-state index contributed by atoms with van der Waals surface area (Å²) in [6.07, 6.45) is 2.22. The molecule has 0 rings (SSSR count). The first-order valence-electron chi connectivity index (χ1n) is 4.42. The normalized spacial score (nSPS) is 17.5.